The van der Waals surface area contributed by atoms with Crippen molar-refractivity contribution in [1.29, 1.82) is 0 Å². The molecule has 1 atom stereocenters. The summed E-state index contributed by atoms with van der Waals surface area (Å²) in [5.41, 5.74) is 1.14. The molecule has 0 saturated carbocycles. The van der Waals surface area contributed by atoms with Crippen LogP contribution in [0.25, 0.3) is 0 Å². The van der Waals surface area contributed by atoms with Crippen molar-refractivity contribution in [2.45, 2.75) is 12.5 Å². The number of hydrogen-bond acceptors (Lipinski definition) is 3. The molecule has 0 radical (unpaired) electrons. The van der Waals surface area contributed by atoms with E-state index in [1.54, 1.807) is 18.4 Å². The largest absolute Gasteiger partial charge is 0.465 e. The van der Waals surface area contributed by atoms with Crippen LogP contribution < -0.4 is 0 Å². The molecule has 1 aromatic rings. The molecule has 1 aliphatic rings. The van der Waals surface area contributed by atoms with Crippen LogP contribution in [-0.2, 0) is 11.2 Å². The number of nitrogens with zero attached hydrogens (tertiary/aromatic N) is 1. The smallest absolute Gasteiger partial charge is 0.407 e. The zero-order valence-corrected chi connectivity index (χ0v) is 9.29. The van der Waals surface area contributed by atoms with Gasteiger partial charge in [0.25, 0.3) is 0 Å². The van der Waals surface area contributed by atoms with E-state index in [1.807, 2.05) is 11.4 Å². The lowest BCUT2D eigenvalue weighted by molar-refractivity contribution is 0.0657. The van der Waals surface area contributed by atoms with E-state index in [2.05, 4.69) is 0 Å². The van der Waals surface area contributed by atoms with Crippen LogP contribution in [0.4, 0.5) is 4.79 Å². The molecule has 4 nitrogen and oxygen atoms in total. The van der Waals surface area contributed by atoms with Crippen molar-refractivity contribution < 1.29 is 14.6 Å². The molecule has 1 N–H and O–H groups in total. The van der Waals surface area contributed by atoms with Crippen molar-refractivity contribution in [3.63, 3.8) is 0 Å². The Balaban J connectivity index is 2.24. The Labute approximate surface area is 92.1 Å². The number of rotatable bonds is 1. The molecular weight excluding hydrogens is 214 g/mol. The maximum atomic E-state index is 10.9. The van der Waals surface area contributed by atoms with Gasteiger partial charge in [0.15, 0.2) is 0 Å². The molecule has 2 rings (SSSR count). The van der Waals surface area contributed by atoms with Crippen LogP contribution in [-0.4, -0.2) is 36.3 Å². The van der Waals surface area contributed by atoms with Gasteiger partial charge in [0, 0.05) is 18.5 Å². The fourth-order valence-electron chi connectivity index (χ4n) is 1.84. The lowest BCUT2D eigenvalue weighted by atomic mass is 10.1. The van der Waals surface area contributed by atoms with E-state index in [4.69, 9.17) is 9.84 Å². The number of carbonyl (C=O) groups is 1. The second kappa shape index (κ2) is 4.20. The molecular formula is C10H13NO3S. The van der Waals surface area contributed by atoms with Crippen molar-refractivity contribution in [1.82, 2.24) is 4.90 Å². The van der Waals surface area contributed by atoms with Crippen LogP contribution in [0.15, 0.2) is 11.4 Å². The van der Waals surface area contributed by atoms with Gasteiger partial charge >= 0.3 is 6.09 Å². The molecule has 0 bridgehead atoms. The molecule has 0 saturated heterocycles. The third-order valence-corrected chi connectivity index (χ3v) is 3.67. The van der Waals surface area contributed by atoms with Gasteiger partial charge in [-0.05, 0) is 23.4 Å². The van der Waals surface area contributed by atoms with Gasteiger partial charge in [-0.25, -0.2) is 4.79 Å². The summed E-state index contributed by atoms with van der Waals surface area (Å²) in [6.45, 7) is 0.984. The average Bonchev–Trinajstić information content (AvgIpc) is 2.59. The van der Waals surface area contributed by atoms with Gasteiger partial charge in [-0.15, -0.1) is 11.3 Å². The molecule has 0 fully saturated rings. The van der Waals surface area contributed by atoms with Crippen molar-refractivity contribution >= 4 is 17.4 Å². The number of thiophene rings is 1. The Kier molecular flexibility index (Phi) is 2.93. The first kappa shape index (κ1) is 10.4. The van der Waals surface area contributed by atoms with E-state index in [1.165, 1.54) is 9.78 Å². The lowest BCUT2D eigenvalue weighted by Crippen LogP contribution is -2.33. The monoisotopic (exact) mass is 227 g/mol. The number of carboxylic acid groups (broad SMARTS) is 1. The van der Waals surface area contributed by atoms with Gasteiger partial charge in [-0.1, -0.05) is 0 Å². The van der Waals surface area contributed by atoms with E-state index >= 15 is 0 Å². The van der Waals surface area contributed by atoms with Crippen molar-refractivity contribution in [3.8, 4) is 0 Å². The summed E-state index contributed by atoms with van der Waals surface area (Å²) in [6.07, 6.45) is -0.198. The molecule has 0 spiro atoms. The molecule has 0 aromatic carbocycles. The highest BCUT2D eigenvalue weighted by Crippen LogP contribution is 2.29. The van der Waals surface area contributed by atoms with Gasteiger partial charge in [-0.3, -0.25) is 0 Å². The first-order valence-corrected chi connectivity index (χ1v) is 5.67. The highest BCUT2D eigenvalue weighted by atomic mass is 32.1. The van der Waals surface area contributed by atoms with Gasteiger partial charge in [0.1, 0.15) is 6.10 Å². The standard InChI is InChI=1S/C10H13NO3S/c1-14-8-6-11(10(12)13)4-2-9-7(8)3-5-15-9/h3,5,8H,2,4,6H2,1H3,(H,12,13)/t8-/m0/s1. The SMILES string of the molecule is CO[C@H]1CN(C(=O)O)CCc2sccc21. The van der Waals surface area contributed by atoms with Gasteiger partial charge in [0.2, 0.25) is 0 Å². The molecule has 82 valence electrons. The van der Waals surface area contributed by atoms with E-state index in [-0.39, 0.29) is 6.10 Å². The number of ether oxygens (including phenoxy) is 1. The Morgan fingerprint density at radius 2 is 2.53 bits per heavy atom. The third kappa shape index (κ3) is 1.98. The molecule has 0 aliphatic carbocycles. The number of hydrogen-bond donors (Lipinski definition) is 1. The Morgan fingerprint density at radius 1 is 1.73 bits per heavy atom. The fraction of sp³-hybridized carbons (Fsp3) is 0.500. The van der Waals surface area contributed by atoms with E-state index in [0.29, 0.717) is 13.1 Å². The molecule has 5 heteroatoms. The van der Waals surface area contributed by atoms with Crippen molar-refractivity contribution in [2.75, 3.05) is 20.2 Å². The van der Waals surface area contributed by atoms with Crippen molar-refractivity contribution in [3.05, 3.63) is 21.9 Å². The van der Waals surface area contributed by atoms with Gasteiger partial charge in [-0.2, -0.15) is 0 Å². The second-order valence-corrected chi connectivity index (χ2v) is 4.50. The van der Waals surface area contributed by atoms with Crippen molar-refractivity contribution in [2.24, 2.45) is 0 Å². The lowest BCUT2D eigenvalue weighted by Gasteiger charge is -2.20. The summed E-state index contributed by atoms with van der Waals surface area (Å²) in [4.78, 5) is 13.6. The first-order chi connectivity index (χ1) is 7.22. The molecule has 1 aromatic heterocycles. The first-order valence-electron chi connectivity index (χ1n) is 4.79. The van der Waals surface area contributed by atoms with E-state index < -0.39 is 6.09 Å². The fourth-order valence-corrected chi connectivity index (χ4v) is 2.77. The zero-order valence-electron chi connectivity index (χ0n) is 8.47. The molecule has 1 aliphatic heterocycles. The van der Waals surface area contributed by atoms with Crippen LogP contribution in [0.5, 0.6) is 0 Å². The Morgan fingerprint density at radius 3 is 3.20 bits per heavy atom. The highest BCUT2D eigenvalue weighted by Gasteiger charge is 2.25. The van der Waals surface area contributed by atoms with Gasteiger partial charge < -0.3 is 14.7 Å². The highest BCUT2D eigenvalue weighted by molar-refractivity contribution is 7.10. The predicted octanol–water partition coefficient (Wildman–Crippen LogP) is 1.97. The molecule has 0 unspecified atom stereocenters. The molecule has 2 heterocycles. The predicted molar refractivity (Wildman–Crippen MR) is 57.4 cm³/mol. The van der Waals surface area contributed by atoms with Crippen LogP contribution in [0, 0.1) is 0 Å². The normalized spacial score (nSPS) is 20.9. The molecule has 1 amide bonds. The summed E-state index contributed by atoms with van der Waals surface area (Å²) < 4.78 is 5.34. The number of methoxy groups -OCH3 is 1. The second-order valence-electron chi connectivity index (χ2n) is 3.50. The van der Waals surface area contributed by atoms with Gasteiger partial charge in [0.05, 0.1) is 6.54 Å². The average molecular weight is 227 g/mol. The summed E-state index contributed by atoms with van der Waals surface area (Å²) in [5, 5.41) is 11.0. The minimum atomic E-state index is -0.868. The number of fused-ring (bicyclic) bond motifs is 1. The summed E-state index contributed by atoms with van der Waals surface area (Å²) in [7, 11) is 1.62. The zero-order chi connectivity index (χ0) is 10.8. The minimum absolute atomic E-state index is 0.121. The summed E-state index contributed by atoms with van der Waals surface area (Å²) >= 11 is 1.67. The van der Waals surface area contributed by atoms with Crippen LogP contribution in [0.1, 0.15) is 16.5 Å². The summed E-state index contributed by atoms with van der Waals surface area (Å²) in [5.74, 6) is 0. The third-order valence-electron chi connectivity index (χ3n) is 2.68. The number of amides is 1. The van der Waals surface area contributed by atoms with E-state index in [9.17, 15) is 4.79 Å². The topological polar surface area (TPSA) is 49.8 Å². The quantitative estimate of drug-likeness (QED) is 0.798. The minimum Gasteiger partial charge on any atom is -0.465 e. The van der Waals surface area contributed by atoms with Crippen LogP contribution in [0.2, 0.25) is 0 Å². The summed E-state index contributed by atoms with van der Waals surface area (Å²) in [6, 6.07) is 2.03. The molecule has 15 heavy (non-hydrogen) atoms. The Hall–Kier alpha value is -1.07. The maximum absolute atomic E-state index is 10.9. The van der Waals surface area contributed by atoms with E-state index in [0.717, 1.165) is 12.0 Å². The maximum Gasteiger partial charge on any atom is 0.407 e. The van der Waals surface area contributed by atoms with Crippen LogP contribution in [0.3, 0.4) is 0 Å². The van der Waals surface area contributed by atoms with Crippen LogP contribution >= 0.6 is 11.3 Å². The Bertz CT molecular complexity index is 363.